The first-order valence-corrected chi connectivity index (χ1v) is 12.7. The normalized spacial score (nSPS) is 21.1. The summed E-state index contributed by atoms with van der Waals surface area (Å²) >= 11 is 1.33. The molecule has 2 fully saturated rings. The number of rotatable bonds is 7. The Bertz CT molecular complexity index is 1010. The van der Waals surface area contributed by atoms with Crippen molar-refractivity contribution in [3.05, 3.63) is 40.2 Å². The van der Waals surface area contributed by atoms with Crippen LogP contribution in [0.3, 0.4) is 0 Å². The molecule has 7 nitrogen and oxygen atoms in total. The summed E-state index contributed by atoms with van der Waals surface area (Å²) in [7, 11) is 0. The van der Waals surface area contributed by atoms with Crippen LogP contribution in [0.25, 0.3) is 11.3 Å². The third-order valence-corrected chi connectivity index (χ3v) is 7.16. The van der Waals surface area contributed by atoms with E-state index >= 15 is 0 Å². The smallest absolute Gasteiger partial charge is 0.367 e. The van der Waals surface area contributed by atoms with Gasteiger partial charge in [0.1, 0.15) is 11.6 Å². The highest BCUT2D eigenvalue weighted by atomic mass is 32.1. The molecule has 0 radical (unpaired) electrons. The molecule has 3 heterocycles. The molecule has 1 aromatic heterocycles. The Morgan fingerprint density at radius 2 is 2.00 bits per heavy atom. The lowest BCUT2D eigenvalue weighted by Crippen LogP contribution is -2.47. The monoisotopic (exact) mass is 510 g/mol. The predicted molar refractivity (Wildman–Crippen MR) is 126 cm³/mol. The maximum atomic E-state index is 12.8. The number of piperidine rings is 2. The van der Waals surface area contributed by atoms with Crippen LogP contribution < -0.4 is 10.6 Å². The molecule has 2 aromatic rings. The largest absolute Gasteiger partial charge is 0.416 e. The molecule has 11 heteroatoms. The minimum Gasteiger partial charge on any atom is -0.367 e. The number of likely N-dealkylation sites (tertiary alicyclic amines) is 1. The molecule has 0 spiro atoms. The molecule has 2 N–H and O–H groups in total. The fraction of sp³-hybridized carbons (Fsp3) is 0.542. The van der Waals surface area contributed by atoms with Gasteiger partial charge < -0.3 is 20.3 Å². The van der Waals surface area contributed by atoms with E-state index < -0.39 is 11.7 Å². The molecule has 2 aliphatic rings. The molecule has 2 saturated heterocycles. The number of hydrogen-bond acceptors (Lipinski definition) is 6. The van der Waals surface area contributed by atoms with Gasteiger partial charge >= 0.3 is 6.18 Å². The summed E-state index contributed by atoms with van der Waals surface area (Å²) in [4.78, 5) is 31.5. The average molecular weight is 511 g/mol. The quantitative estimate of drug-likeness (QED) is 0.596. The van der Waals surface area contributed by atoms with Crippen molar-refractivity contribution in [1.29, 1.82) is 0 Å². The van der Waals surface area contributed by atoms with Gasteiger partial charge in [0, 0.05) is 30.6 Å². The van der Waals surface area contributed by atoms with Crippen LogP contribution in [0.2, 0.25) is 0 Å². The average Bonchev–Trinajstić information content (AvgIpc) is 3.35. The van der Waals surface area contributed by atoms with Crippen LogP contribution >= 0.6 is 11.3 Å². The standard InChI is InChI=1S/C24H29F3N4O3S/c25-24(26,27)18-7-5-16(6-8-18)20-15-35-21(30-20)12-29-23(33)17-3-2-10-31(13-17)22(32)14-34-19-4-1-9-28-11-19/h5-8,15,17,19,28H,1-4,9-14H2,(H,29,33)/t17-,19-/m0/s1. The number of thiazole rings is 1. The first kappa shape index (κ1) is 25.6. The van der Waals surface area contributed by atoms with E-state index in [0.29, 0.717) is 35.8 Å². The van der Waals surface area contributed by atoms with Gasteiger partial charge in [0.05, 0.1) is 29.8 Å². The Balaban J connectivity index is 1.24. The van der Waals surface area contributed by atoms with Crippen molar-refractivity contribution in [3.8, 4) is 11.3 Å². The van der Waals surface area contributed by atoms with E-state index in [4.69, 9.17) is 4.74 Å². The van der Waals surface area contributed by atoms with E-state index in [1.54, 1.807) is 10.3 Å². The van der Waals surface area contributed by atoms with E-state index in [1.807, 2.05) is 0 Å². The number of halogens is 3. The van der Waals surface area contributed by atoms with Crippen LogP contribution in [0.1, 0.15) is 36.3 Å². The minimum atomic E-state index is -4.38. The van der Waals surface area contributed by atoms with Crippen LogP contribution in [-0.2, 0) is 27.0 Å². The number of hydrogen-bond donors (Lipinski definition) is 2. The topological polar surface area (TPSA) is 83.6 Å². The van der Waals surface area contributed by atoms with Crippen molar-refractivity contribution in [1.82, 2.24) is 20.5 Å². The summed E-state index contributed by atoms with van der Waals surface area (Å²) in [6, 6.07) is 4.84. The number of nitrogens with one attached hydrogen (secondary N) is 2. The highest BCUT2D eigenvalue weighted by Gasteiger charge is 2.30. The number of nitrogens with zero attached hydrogens (tertiary/aromatic N) is 2. The predicted octanol–water partition coefficient (Wildman–Crippen LogP) is 3.45. The fourth-order valence-electron chi connectivity index (χ4n) is 4.32. The lowest BCUT2D eigenvalue weighted by Gasteiger charge is -2.32. The van der Waals surface area contributed by atoms with Gasteiger partial charge in [-0.1, -0.05) is 12.1 Å². The first-order chi connectivity index (χ1) is 16.8. The van der Waals surface area contributed by atoms with Gasteiger partial charge in [-0.05, 0) is 44.4 Å². The Morgan fingerprint density at radius 3 is 2.71 bits per heavy atom. The lowest BCUT2D eigenvalue weighted by atomic mass is 9.97. The molecule has 0 bridgehead atoms. The Morgan fingerprint density at radius 1 is 1.20 bits per heavy atom. The van der Waals surface area contributed by atoms with E-state index in [0.717, 1.165) is 44.5 Å². The van der Waals surface area contributed by atoms with Crippen molar-refractivity contribution in [3.63, 3.8) is 0 Å². The Kier molecular flexibility index (Phi) is 8.40. The van der Waals surface area contributed by atoms with Crippen LogP contribution in [0.4, 0.5) is 13.2 Å². The van der Waals surface area contributed by atoms with Crippen molar-refractivity contribution in [2.24, 2.45) is 5.92 Å². The van der Waals surface area contributed by atoms with Crippen molar-refractivity contribution in [2.75, 3.05) is 32.8 Å². The SMILES string of the molecule is O=C(NCc1nc(-c2ccc(C(F)(F)F)cc2)cs1)[C@H]1CCCN(C(=O)CO[C@H]2CCCNC2)C1. The van der Waals surface area contributed by atoms with Gasteiger partial charge in [0.25, 0.3) is 0 Å². The molecule has 1 aromatic carbocycles. The van der Waals surface area contributed by atoms with Gasteiger partial charge in [0.2, 0.25) is 11.8 Å². The molecule has 2 atom stereocenters. The molecule has 2 amide bonds. The molecule has 0 saturated carbocycles. The summed E-state index contributed by atoms with van der Waals surface area (Å²) in [5.41, 5.74) is 0.441. The third kappa shape index (κ3) is 7.02. The zero-order chi connectivity index (χ0) is 24.8. The third-order valence-electron chi connectivity index (χ3n) is 6.31. The van der Waals surface area contributed by atoms with Crippen molar-refractivity contribution in [2.45, 2.75) is 44.5 Å². The fourth-order valence-corrected chi connectivity index (χ4v) is 5.06. The summed E-state index contributed by atoms with van der Waals surface area (Å²) < 4.78 is 44.0. The van der Waals surface area contributed by atoms with Gasteiger partial charge in [-0.15, -0.1) is 11.3 Å². The molecule has 190 valence electrons. The van der Waals surface area contributed by atoms with Gasteiger partial charge in [-0.2, -0.15) is 13.2 Å². The maximum absolute atomic E-state index is 12.8. The van der Waals surface area contributed by atoms with E-state index in [1.165, 1.54) is 23.5 Å². The number of amides is 2. The second kappa shape index (κ2) is 11.5. The molecular formula is C24H29F3N4O3S. The lowest BCUT2D eigenvalue weighted by molar-refractivity contribution is -0.142. The first-order valence-electron chi connectivity index (χ1n) is 11.8. The molecule has 4 rings (SSSR count). The number of benzene rings is 1. The van der Waals surface area contributed by atoms with Gasteiger partial charge in [-0.3, -0.25) is 9.59 Å². The molecule has 35 heavy (non-hydrogen) atoms. The minimum absolute atomic E-state index is 0.0343. The van der Waals surface area contributed by atoms with E-state index in [-0.39, 0.29) is 37.0 Å². The van der Waals surface area contributed by atoms with Crippen LogP contribution in [0.5, 0.6) is 0 Å². The Labute approximate surface area is 206 Å². The summed E-state index contributed by atoms with van der Waals surface area (Å²) in [5.74, 6) is -0.515. The molecule has 0 unspecified atom stereocenters. The second-order valence-electron chi connectivity index (χ2n) is 8.88. The molecule has 2 aliphatic heterocycles. The van der Waals surface area contributed by atoms with Gasteiger partial charge in [-0.25, -0.2) is 4.98 Å². The number of carbonyl (C=O) groups excluding carboxylic acids is 2. The van der Waals surface area contributed by atoms with E-state index in [2.05, 4.69) is 15.6 Å². The molecule has 0 aliphatic carbocycles. The van der Waals surface area contributed by atoms with Gasteiger partial charge in [0.15, 0.2) is 0 Å². The highest BCUT2D eigenvalue weighted by Crippen LogP contribution is 2.31. The summed E-state index contributed by atoms with van der Waals surface area (Å²) in [6.07, 6.45) is -0.877. The second-order valence-corrected chi connectivity index (χ2v) is 9.82. The van der Waals surface area contributed by atoms with Crippen molar-refractivity contribution >= 4 is 23.2 Å². The number of aromatic nitrogens is 1. The zero-order valence-electron chi connectivity index (χ0n) is 19.3. The number of ether oxygens (including phenoxy) is 1. The van der Waals surface area contributed by atoms with E-state index in [9.17, 15) is 22.8 Å². The van der Waals surface area contributed by atoms with Crippen LogP contribution in [-0.4, -0.2) is 60.6 Å². The van der Waals surface area contributed by atoms with Crippen LogP contribution in [0, 0.1) is 5.92 Å². The summed E-state index contributed by atoms with van der Waals surface area (Å²) in [5, 5.41) is 8.56. The maximum Gasteiger partial charge on any atom is 0.416 e. The molecular weight excluding hydrogens is 481 g/mol. The number of carbonyl (C=O) groups is 2. The summed E-state index contributed by atoms with van der Waals surface area (Å²) in [6.45, 7) is 2.99. The Hall–Kier alpha value is -2.50. The van der Waals surface area contributed by atoms with Crippen LogP contribution in [0.15, 0.2) is 29.6 Å². The van der Waals surface area contributed by atoms with Crippen molar-refractivity contribution < 1.29 is 27.5 Å². The highest BCUT2D eigenvalue weighted by molar-refractivity contribution is 7.09. The number of alkyl halides is 3. The zero-order valence-corrected chi connectivity index (χ0v) is 20.1.